The number of hydrogen-bond acceptors (Lipinski definition) is 6. The smallest absolute Gasteiger partial charge is 0.278 e. The van der Waals surface area contributed by atoms with Crippen LogP contribution in [0.5, 0.6) is 11.5 Å². The fraction of sp³-hybridized carbons (Fsp3) is 0.360. The molecule has 2 amide bonds. The summed E-state index contributed by atoms with van der Waals surface area (Å²) in [4.78, 5) is 27.6. The van der Waals surface area contributed by atoms with E-state index in [2.05, 4.69) is 5.32 Å². The molecular formula is C25H29FN2O5. The first-order chi connectivity index (χ1) is 16.0. The predicted octanol–water partition coefficient (Wildman–Crippen LogP) is 4.24. The minimum Gasteiger partial charge on any atom is -0.490 e. The van der Waals surface area contributed by atoms with Gasteiger partial charge in [-0.25, -0.2) is 4.39 Å². The van der Waals surface area contributed by atoms with Crippen LogP contribution in [0.25, 0.3) is 5.57 Å². The average Bonchev–Trinajstić information content (AvgIpc) is 3.03. The Kier molecular flexibility index (Phi) is 8.43. The van der Waals surface area contributed by atoms with E-state index in [0.29, 0.717) is 55.6 Å². The SMILES string of the molecule is CCOCCCN1C(=O)C(Nc2ccc(OCC)c(OCC)c2)=C(c2ccc(F)cc2)C1=O. The maximum Gasteiger partial charge on any atom is 0.278 e. The predicted molar refractivity (Wildman–Crippen MR) is 124 cm³/mol. The first-order valence-electron chi connectivity index (χ1n) is 11.1. The van der Waals surface area contributed by atoms with Crippen molar-refractivity contribution in [2.45, 2.75) is 27.2 Å². The van der Waals surface area contributed by atoms with Crippen LogP contribution in [0.15, 0.2) is 48.2 Å². The zero-order chi connectivity index (χ0) is 23.8. The van der Waals surface area contributed by atoms with Crippen molar-refractivity contribution in [3.8, 4) is 11.5 Å². The van der Waals surface area contributed by atoms with Crippen molar-refractivity contribution in [1.29, 1.82) is 0 Å². The molecule has 1 N–H and O–H groups in total. The largest absolute Gasteiger partial charge is 0.490 e. The Morgan fingerprint density at radius 2 is 1.58 bits per heavy atom. The van der Waals surface area contributed by atoms with Crippen LogP contribution in [0.2, 0.25) is 0 Å². The Balaban J connectivity index is 1.95. The number of carbonyl (C=O) groups is 2. The van der Waals surface area contributed by atoms with Crippen molar-refractivity contribution < 1.29 is 28.2 Å². The minimum absolute atomic E-state index is 0.134. The van der Waals surface area contributed by atoms with Crippen molar-refractivity contribution in [2.24, 2.45) is 0 Å². The Morgan fingerprint density at radius 1 is 0.879 bits per heavy atom. The van der Waals surface area contributed by atoms with E-state index in [1.54, 1.807) is 18.2 Å². The third kappa shape index (κ3) is 5.70. The van der Waals surface area contributed by atoms with Crippen LogP contribution < -0.4 is 14.8 Å². The van der Waals surface area contributed by atoms with Crippen LogP contribution in [0, 0.1) is 5.82 Å². The molecule has 176 valence electrons. The molecule has 0 radical (unpaired) electrons. The Morgan fingerprint density at radius 3 is 2.24 bits per heavy atom. The molecule has 2 aromatic rings. The fourth-order valence-corrected chi connectivity index (χ4v) is 3.52. The molecular weight excluding hydrogens is 427 g/mol. The number of nitrogens with zero attached hydrogens (tertiary/aromatic N) is 1. The van der Waals surface area contributed by atoms with Crippen LogP contribution in [-0.2, 0) is 14.3 Å². The van der Waals surface area contributed by atoms with Gasteiger partial charge in [0.15, 0.2) is 11.5 Å². The Bertz CT molecular complexity index is 1020. The normalized spacial score (nSPS) is 13.6. The number of ether oxygens (including phenoxy) is 3. The first-order valence-corrected chi connectivity index (χ1v) is 11.1. The summed E-state index contributed by atoms with van der Waals surface area (Å²) in [5.41, 5.74) is 1.35. The molecule has 0 saturated carbocycles. The summed E-state index contributed by atoms with van der Waals surface area (Å²) in [6.07, 6.45) is 0.521. The molecule has 0 spiro atoms. The molecule has 1 aliphatic heterocycles. The van der Waals surface area contributed by atoms with E-state index < -0.39 is 17.6 Å². The zero-order valence-corrected chi connectivity index (χ0v) is 19.2. The highest BCUT2D eigenvalue weighted by Gasteiger charge is 2.39. The van der Waals surface area contributed by atoms with E-state index in [1.807, 2.05) is 20.8 Å². The number of nitrogens with one attached hydrogen (secondary N) is 1. The van der Waals surface area contributed by atoms with Crippen molar-refractivity contribution in [3.63, 3.8) is 0 Å². The van der Waals surface area contributed by atoms with Gasteiger partial charge in [-0.05, 0) is 57.0 Å². The molecule has 33 heavy (non-hydrogen) atoms. The van der Waals surface area contributed by atoms with Crippen molar-refractivity contribution in [2.75, 3.05) is 38.3 Å². The van der Waals surface area contributed by atoms with Crippen molar-refractivity contribution >= 4 is 23.1 Å². The molecule has 0 fully saturated rings. The number of benzene rings is 2. The summed E-state index contributed by atoms with van der Waals surface area (Å²) in [6.45, 7) is 7.78. The molecule has 1 aliphatic rings. The van der Waals surface area contributed by atoms with Gasteiger partial charge in [0, 0.05) is 31.5 Å². The summed E-state index contributed by atoms with van der Waals surface area (Å²) < 4.78 is 30.1. The second-order valence-electron chi connectivity index (χ2n) is 7.22. The van der Waals surface area contributed by atoms with E-state index in [1.165, 1.54) is 29.2 Å². The van der Waals surface area contributed by atoms with E-state index in [9.17, 15) is 14.0 Å². The molecule has 2 aromatic carbocycles. The maximum atomic E-state index is 13.5. The quantitative estimate of drug-likeness (QED) is 0.380. The summed E-state index contributed by atoms with van der Waals surface area (Å²) in [5.74, 6) is -0.182. The molecule has 0 bridgehead atoms. The van der Waals surface area contributed by atoms with E-state index in [-0.39, 0.29) is 17.8 Å². The van der Waals surface area contributed by atoms with E-state index in [0.717, 1.165) is 0 Å². The fourth-order valence-electron chi connectivity index (χ4n) is 3.52. The van der Waals surface area contributed by atoms with Gasteiger partial charge in [-0.3, -0.25) is 14.5 Å². The van der Waals surface area contributed by atoms with Gasteiger partial charge in [0.1, 0.15) is 11.5 Å². The van der Waals surface area contributed by atoms with Crippen LogP contribution in [0.1, 0.15) is 32.8 Å². The summed E-state index contributed by atoms with van der Waals surface area (Å²) >= 11 is 0. The van der Waals surface area contributed by atoms with Gasteiger partial charge in [-0.1, -0.05) is 12.1 Å². The van der Waals surface area contributed by atoms with Gasteiger partial charge >= 0.3 is 0 Å². The number of halogens is 1. The summed E-state index contributed by atoms with van der Waals surface area (Å²) in [5, 5.41) is 3.09. The maximum absolute atomic E-state index is 13.5. The van der Waals surface area contributed by atoms with Gasteiger partial charge in [0.2, 0.25) is 0 Å². The summed E-state index contributed by atoms with van der Waals surface area (Å²) in [6, 6.07) is 10.7. The van der Waals surface area contributed by atoms with Crippen molar-refractivity contribution in [3.05, 3.63) is 59.5 Å². The Hall–Kier alpha value is -3.39. The number of carbonyl (C=O) groups excluding carboxylic acids is 2. The molecule has 0 atom stereocenters. The van der Waals surface area contributed by atoms with Gasteiger partial charge < -0.3 is 19.5 Å². The molecule has 7 nitrogen and oxygen atoms in total. The lowest BCUT2D eigenvalue weighted by atomic mass is 10.0. The highest BCUT2D eigenvalue weighted by molar-refractivity contribution is 6.36. The number of rotatable bonds is 12. The van der Waals surface area contributed by atoms with Gasteiger partial charge in [-0.2, -0.15) is 0 Å². The highest BCUT2D eigenvalue weighted by atomic mass is 19.1. The van der Waals surface area contributed by atoms with E-state index in [4.69, 9.17) is 14.2 Å². The second kappa shape index (κ2) is 11.5. The molecule has 0 aliphatic carbocycles. The van der Waals surface area contributed by atoms with E-state index >= 15 is 0 Å². The number of anilines is 1. The lowest BCUT2D eigenvalue weighted by Crippen LogP contribution is -2.34. The lowest BCUT2D eigenvalue weighted by Gasteiger charge is -2.16. The van der Waals surface area contributed by atoms with Crippen LogP contribution >= 0.6 is 0 Å². The summed E-state index contributed by atoms with van der Waals surface area (Å²) in [7, 11) is 0. The second-order valence-corrected chi connectivity index (χ2v) is 7.22. The number of imide groups is 1. The number of amides is 2. The number of hydrogen-bond donors (Lipinski definition) is 1. The standard InChI is InChI=1S/C25H29FN2O5/c1-4-31-15-7-14-28-24(29)22(17-8-10-18(26)11-9-17)23(25(28)30)27-19-12-13-20(32-5-2)21(16-19)33-6-3/h8-13,16,27H,4-7,14-15H2,1-3H3. The van der Waals surface area contributed by atoms with Gasteiger partial charge in [0.05, 0.1) is 18.8 Å². The molecule has 1 heterocycles. The minimum atomic E-state index is -0.442. The molecule has 8 heteroatoms. The first kappa shape index (κ1) is 24.3. The average molecular weight is 457 g/mol. The lowest BCUT2D eigenvalue weighted by molar-refractivity contribution is -0.137. The van der Waals surface area contributed by atoms with Gasteiger partial charge in [0.25, 0.3) is 11.8 Å². The van der Waals surface area contributed by atoms with Crippen LogP contribution in [-0.4, -0.2) is 49.7 Å². The Labute approximate surface area is 193 Å². The van der Waals surface area contributed by atoms with Crippen molar-refractivity contribution in [1.82, 2.24) is 4.90 Å². The van der Waals surface area contributed by atoms with Crippen LogP contribution in [0.4, 0.5) is 10.1 Å². The molecule has 0 aromatic heterocycles. The molecule has 0 saturated heterocycles. The topological polar surface area (TPSA) is 77.1 Å². The van der Waals surface area contributed by atoms with Gasteiger partial charge in [-0.15, -0.1) is 0 Å². The zero-order valence-electron chi connectivity index (χ0n) is 19.2. The van der Waals surface area contributed by atoms with Crippen LogP contribution in [0.3, 0.4) is 0 Å². The molecule has 3 rings (SSSR count). The monoisotopic (exact) mass is 456 g/mol. The third-order valence-corrected chi connectivity index (χ3v) is 4.99. The highest BCUT2D eigenvalue weighted by Crippen LogP contribution is 2.34. The molecule has 0 unspecified atom stereocenters. The third-order valence-electron chi connectivity index (χ3n) is 4.99.